The van der Waals surface area contributed by atoms with Crippen LogP contribution in [0.2, 0.25) is 0 Å². The Hall–Kier alpha value is -2.52. The molecule has 3 heterocycles. The van der Waals surface area contributed by atoms with Gasteiger partial charge in [-0.05, 0) is 106 Å². The molecule has 3 saturated heterocycles. The second kappa shape index (κ2) is 21.4. The molecule has 3 fully saturated rings. The Labute approximate surface area is 375 Å². The van der Waals surface area contributed by atoms with Crippen LogP contribution in [0.3, 0.4) is 0 Å². The van der Waals surface area contributed by atoms with Crippen molar-refractivity contribution in [1.29, 1.82) is 0 Å². The zero-order chi connectivity index (χ0) is 47.4. The Kier molecular flexibility index (Phi) is 18.0. The fourth-order valence-electron chi connectivity index (χ4n) is 9.95. The summed E-state index contributed by atoms with van der Waals surface area (Å²) in [6.45, 7) is 17.7. The van der Waals surface area contributed by atoms with Crippen LogP contribution in [0, 0.1) is 17.8 Å². The van der Waals surface area contributed by atoms with E-state index in [1.165, 1.54) is 18.9 Å². The lowest BCUT2D eigenvalue weighted by molar-refractivity contribution is -0.338. The van der Waals surface area contributed by atoms with Crippen LogP contribution < -0.4 is 10.6 Å². The smallest absolute Gasteiger partial charge is 0.321 e. The minimum atomic E-state index is -1.86. The first kappa shape index (κ1) is 53.1. The summed E-state index contributed by atoms with van der Waals surface area (Å²) in [6, 6.07) is 7.13. The van der Waals surface area contributed by atoms with Crippen molar-refractivity contribution in [2.24, 2.45) is 17.8 Å². The minimum absolute atomic E-state index is 0.0468. The summed E-state index contributed by atoms with van der Waals surface area (Å²) in [6.07, 6.45) is -9.21. The second-order valence-corrected chi connectivity index (χ2v) is 19.7. The first-order valence-corrected chi connectivity index (χ1v) is 22.6. The van der Waals surface area contributed by atoms with Crippen LogP contribution in [0.15, 0.2) is 30.3 Å². The van der Waals surface area contributed by atoms with Gasteiger partial charge in [-0.15, -0.1) is 0 Å². The van der Waals surface area contributed by atoms with E-state index >= 15 is 0 Å². The SMILES string of the molecule is CC[C@H]1OC(=O)[C@H](C)[C@@H](O[C@H]2C[C@@](C)(OC)[C@](O)(CN(C)C)[C@H](C)O2)[C@H](C)[C@@H](O[C@@H]2O[C@H](C)C[C@H](N(C)C(=O)Nc3ccccc3)[C@H]2O)[C@](C)(O)C[C@@H](C)CN[C@H](C)[C@@H](O)[C@]1(C)O. The van der Waals surface area contributed by atoms with Gasteiger partial charge in [-0.1, -0.05) is 39.0 Å². The third-order valence-corrected chi connectivity index (χ3v) is 13.9. The van der Waals surface area contributed by atoms with Crippen molar-refractivity contribution in [1.82, 2.24) is 15.1 Å². The van der Waals surface area contributed by atoms with E-state index in [-0.39, 0.29) is 38.1 Å². The topological polar surface area (TPSA) is 221 Å². The molecule has 2 amide bonds. The number of rotatable bonds is 10. The number of nitrogens with one attached hydrogen (secondary N) is 2. The highest BCUT2D eigenvalue weighted by Crippen LogP contribution is 2.43. The Morgan fingerprint density at radius 2 is 1.59 bits per heavy atom. The predicted octanol–water partition coefficient (Wildman–Crippen LogP) is 3.09. The lowest BCUT2D eigenvalue weighted by atomic mass is 9.75. The van der Waals surface area contributed by atoms with E-state index in [2.05, 4.69) is 10.6 Å². The third kappa shape index (κ3) is 12.1. The summed E-state index contributed by atoms with van der Waals surface area (Å²) in [5.74, 6) is -2.96. The molecule has 4 rings (SSSR count). The van der Waals surface area contributed by atoms with Gasteiger partial charge in [0.1, 0.15) is 35.1 Å². The van der Waals surface area contributed by atoms with Crippen molar-refractivity contribution >= 4 is 17.7 Å². The number of carbonyl (C=O) groups excluding carboxylic acids is 2. The average molecular weight is 897 g/mol. The first-order chi connectivity index (χ1) is 29.2. The largest absolute Gasteiger partial charge is 0.459 e. The Bertz CT molecular complexity index is 1620. The highest BCUT2D eigenvalue weighted by molar-refractivity contribution is 5.89. The van der Waals surface area contributed by atoms with Crippen LogP contribution in [0.1, 0.15) is 94.9 Å². The molecule has 7 N–H and O–H groups in total. The second-order valence-electron chi connectivity index (χ2n) is 19.7. The number of amides is 2. The fourth-order valence-corrected chi connectivity index (χ4v) is 9.95. The van der Waals surface area contributed by atoms with Gasteiger partial charge in [0.15, 0.2) is 12.6 Å². The number of methoxy groups -OCH3 is 1. The van der Waals surface area contributed by atoms with Gasteiger partial charge in [0.2, 0.25) is 0 Å². The molecule has 18 atom stereocenters. The number of hydrogen-bond donors (Lipinski definition) is 7. The number of urea groups is 1. The molecule has 0 bridgehead atoms. The van der Waals surface area contributed by atoms with Crippen LogP contribution in [-0.4, -0.2) is 178 Å². The van der Waals surface area contributed by atoms with Crippen molar-refractivity contribution in [3.8, 4) is 0 Å². The number of aliphatic hydroxyl groups is 5. The molecule has 1 aromatic rings. The van der Waals surface area contributed by atoms with Gasteiger partial charge >= 0.3 is 12.0 Å². The van der Waals surface area contributed by atoms with E-state index in [0.29, 0.717) is 12.2 Å². The predicted molar refractivity (Wildman–Crippen MR) is 237 cm³/mol. The Morgan fingerprint density at radius 1 is 0.952 bits per heavy atom. The van der Waals surface area contributed by atoms with Gasteiger partial charge in [-0.3, -0.25) is 4.79 Å². The molecular formula is C46H80N4O13. The third-order valence-electron chi connectivity index (χ3n) is 13.9. The molecule has 0 radical (unpaired) electrons. The molecule has 0 saturated carbocycles. The number of esters is 1. The molecule has 0 unspecified atom stereocenters. The van der Waals surface area contributed by atoms with Crippen LogP contribution in [0.5, 0.6) is 0 Å². The van der Waals surface area contributed by atoms with Gasteiger partial charge in [0.05, 0.1) is 42.0 Å². The summed E-state index contributed by atoms with van der Waals surface area (Å²) >= 11 is 0. The number of cyclic esters (lactones) is 1. The van der Waals surface area contributed by atoms with Crippen molar-refractivity contribution < 1.29 is 63.5 Å². The maximum atomic E-state index is 14.5. The average Bonchev–Trinajstić information content (AvgIpc) is 3.21. The maximum Gasteiger partial charge on any atom is 0.321 e. The lowest BCUT2D eigenvalue weighted by Gasteiger charge is -2.54. The summed E-state index contributed by atoms with van der Waals surface area (Å²) < 4.78 is 38.5. The maximum absolute atomic E-state index is 14.5. The normalized spacial score (nSPS) is 43.7. The minimum Gasteiger partial charge on any atom is -0.459 e. The van der Waals surface area contributed by atoms with E-state index in [1.807, 2.05) is 38.9 Å². The fraction of sp³-hybridized carbons (Fsp3) is 0.826. The number of aliphatic hydroxyl groups excluding tert-OH is 2. The van der Waals surface area contributed by atoms with Crippen molar-refractivity contribution in [3.63, 3.8) is 0 Å². The summed E-state index contributed by atoms with van der Waals surface area (Å²) in [5, 5.41) is 66.1. The molecule has 362 valence electrons. The van der Waals surface area contributed by atoms with E-state index in [0.717, 1.165) is 0 Å². The number of para-hydroxylation sites is 1. The zero-order valence-corrected chi connectivity index (χ0v) is 40.1. The summed E-state index contributed by atoms with van der Waals surface area (Å²) in [5.41, 5.74) is -5.60. The van der Waals surface area contributed by atoms with Gasteiger partial charge in [-0.25, -0.2) is 4.79 Å². The standard InChI is InChI=1S/C46H80N4O13/c1-15-34-45(10,56)38(52)30(6)47-24-26(2)22-43(8,55)39(63-41-36(51)33(21-27(3)59-41)50(13)42(54)48-32-19-17-16-18-20-32)28(4)37(29(5)40(53)61-34)62-35-23-44(9,58-14)46(57,25-49(11)12)31(7)60-35/h16-20,26-31,33-39,41,47,51-52,55-57H,15,21-25H2,1-14H3,(H,48,54)/t26-,27-,28+,29-,30-,31+,33+,34-,35+,36-,37+,38-,39-,41+,43-,44-,45-,46+/m1/s1. The number of likely N-dealkylation sites (N-methyl/N-ethyl adjacent to an activating group) is 2. The van der Waals surface area contributed by atoms with Gasteiger partial charge < -0.3 is 74.4 Å². The first-order valence-electron chi connectivity index (χ1n) is 22.6. The Morgan fingerprint density at radius 3 is 2.17 bits per heavy atom. The van der Waals surface area contributed by atoms with Crippen molar-refractivity contribution in [2.75, 3.05) is 46.7 Å². The number of benzene rings is 1. The molecule has 0 aromatic heterocycles. The Balaban J connectivity index is 1.80. The molecule has 17 nitrogen and oxygen atoms in total. The van der Waals surface area contributed by atoms with Crippen LogP contribution >= 0.6 is 0 Å². The molecule has 1 aromatic carbocycles. The zero-order valence-electron chi connectivity index (χ0n) is 40.1. The molecule has 3 aliphatic rings. The van der Waals surface area contributed by atoms with E-state index in [9.17, 15) is 35.1 Å². The number of carbonyl (C=O) groups is 2. The van der Waals surface area contributed by atoms with Crippen LogP contribution in [-0.2, 0) is 33.2 Å². The number of hydrogen-bond acceptors (Lipinski definition) is 15. The lowest BCUT2D eigenvalue weighted by Crippen LogP contribution is -2.69. The molecule has 17 heteroatoms. The molecule has 0 spiro atoms. The van der Waals surface area contributed by atoms with Crippen molar-refractivity contribution in [3.05, 3.63) is 30.3 Å². The molecular weight excluding hydrogens is 817 g/mol. The van der Waals surface area contributed by atoms with Crippen molar-refractivity contribution in [2.45, 2.75) is 185 Å². The number of ether oxygens (including phenoxy) is 6. The monoisotopic (exact) mass is 897 g/mol. The van der Waals surface area contributed by atoms with E-state index in [4.69, 9.17) is 28.4 Å². The highest BCUT2D eigenvalue weighted by atomic mass is 16.7. The molecule has 3 aliphatic heterocycles. The van der Waals surface area contributed by atoms with Gasteiger partial charge in [-0.2, -0.15) is 0 Å². The van der Waals surface area contributed by atoms with Gasteiger partial charge in [0.25, 0.3) is 0 Å². The summed E-state index contributed by atoms with van der Waals surface area (Å²) in [7, 11) is 6.78. The van der Waals surface area contributed by atoms with Gasteiger partial charge in [0, 0.05) is 44.8 Å². The van der Waals surface area contributed by atoms with E-state index < -0.39 is 114 Å². The van der Waals surface area contributed by atoms with Crippen LogP contribution in [0.4, 0.5) is 10.5 Å². The van der Waals surface area contributed by atoms with Crippen LogP contribution in [0.25, 0.3) is 0 Å². The summed E-state index contributed by atoms with van der Waals surface area (Å²) in [4.78, 5) is 31.2. The molecule has 63 heavy (non-hydrogen) atoms. The highest BCUT2D eigenvalue weighted by Gasteiger charge is 2.59. The number of nitrogens with zero attached hydrogens (tertiary/aromatic N) is 2. The number of anilines is 1. The van der Waals surface area contributed by atoms with E-state index in [1.54, 1.807) is 79.8 Å². The molecule has 0 aliphatic carbocycles. The quantitative estimate of drug-likeness (QED) is 0.168.